The average molecular weight is 384 g/mol. The SMILES string of the molecule is CC1CCN(Cc2ccc(CNC(=O)CCOc3ccccc3F)cc2)CC1. The Morgan fingerprint density at radius 2 is 1.79 bits per heavy atom. The van der Waals surface area contributed by atoms with E-state index < -0.39 is 5.82 Å². The summed E-state index contributed by atoms with van der Waals surface area (Å²) in [7, 11) is 0. The van der Waals surface area contributed by atoms with Crippen molar-refractivity contribution in [2.75, 3.05) is 19.7 Å². The third kappa shape index (κ3) is 6.34. The Labute approximate surface area is 166 Å². The Morgan fingerprint density at radius 3 is 2.50 bits per heavy atom. The van der Waals surface area contributed by atoms with Crippen molar-refractivity contribution in [2.45, 2.75) is 39.3 Å². The summed E-state index contributed by atoms with van der Waals surface area (Å²) in [6.45, 7) is 6.31. The number of nitrogens with one attached hydrogen (secondary N) is 1. The maximum atomic E-state index is 13.5. The summed E-state index contributed by atoms with van der Waals surface area (Å²) in [6, 6.07) is 14.6. The van der Waals surface area contributed by atoms with E-state index in [9.17, 15) is 9.18 Å². The molecule has 1 aliphatic rings. The second-order valence-electron chi connectivity index (χ2n) is 7.58. The predicted octanol–water partition coefficient (Wildman–Crippen LogP) is 4.14. The van der Waals surface area contributed by atoms with E-state index in [-0.39, 0.29) is 24.7 Å². The van der Waals surface area contributed by atoms with Gasteiger partial charge >= 0.3 is 0 Å². The van der Waals surface area contributed by atoms with Gasteiger partial charge in [0, 0.05) is 13.1 Å². The fourth-order valence-electron chi connectivity index (χ4n) is 3.35. The van der Waals surface area contributed by atoms with Gasteiger partial charge in [0.2, 0.25) is 5.91 Å². The standard InChI is InChI=1S/C23H29FN2O2/c1-18-10-13-26(14-11-18)17-20-8-6-19(7-9-20)16-25-23(27)12-15-28-22-5-3-2-4-21(22)24/h2-9,18H,10-17H2,1H3,(H,25,27). The number of ether oxygens (including phenoxy) is 1. The highest BCUT2D eigenvalue weighted by atomic mass is 19.1. The van der Waals surface area contributed by atoms with Crippen molar-refractivity contribution in [3.05, 3.63) is 65.5 Å². The molecule has 1 saturated heterocycles. The fraction of sp³-hybridized carbons (Fsp3) is 0.435. The van der Waals surface area contributed by atoms with Crippen molar-refractivity contribution in [3.8, 4) is 5.75 Å². The lowest BCUT2D eigenvalue weighted by atomic mass is 9.99. The Morgan fingerprint density at radius 1 is 1.11 bits per heavy atom. The first-order valence-corrected chi connectivity index (χ1v) is 10.0. The van der Waals surface area contributed by atoms with Crippen molar-refractivity contribution in [1.29, 1.82) is 0 Å². The van der Waals surface area contributed by atoms with Gasteiger partial charge in [-0.2, -0.15) is 0 Å². The summed E-state index contributed by atoms with van der Waals surface area (Å²) in [5.41, 5.74) is 2.38. The number of carbonyl (C=O) groups is 1. The zero-order valence-corrected chi connectivity index (χ0v) is 16.5. The van der Waals surface area contributed by atoms with E-state index in [1.807, 2.05) is 0 Å². The van der Waals surface area contributed by atoms with Crippen LogP contribution in [0.1, 0.15) is 37.3 Å². The molecule has 1 heterocycles. The fourth-order valence-corrected chi connectivity index (χ4v) is 3.35. The highest BCUT2D eigenvalue weighted by molar-refractivity contribution is 5.76. The molecule has 2 aromatic rings. The number of hydrogen-bond donors (Lipinski definition) is 1. The van der Waals surface area contributed by atoms with Gasteiger partial charge < -0.3 is 10.1 Å². The van der Waals surface area contributed by atoms with Gasteiger partial charge in [-0.25, -0.2) is 4.39 Å². The molecule has 1 aliphatic heterocycles. The number of rotatable bonds is 8. The van der Waals surface area contributed by atoms with Crippen LogP contribution in [0, 0.1) is 11.7 Å². The summed E-state index contributed by atoms with van der Waals surface area (Å²) in [4.78, 5) is 14.5. The van der Waals surface area contributed by atoms with Gasteiger partial charge in [0.15, 0.2) is 11.6 Å². The first-order chi connectivity index (χ1) is 13.6. The van der Waals surface area contributed by atoms with Crippen LogP contribution in [0.4, 0.5) is 4.39 Å². The van der Waals surface area contributed by atoms with Gasteiger partial charge in [0.05, 0.1) is 13.0 Å². The van der Waals surface area contributed by atoms with Crippen LogP contribution in [0.2, 0.25) is 0 Å². The van der Waals surface area contributed by atoms with E-state index in [4.69, 9.17) is 4.74 Å². The minimum atomic E-state index is -0.415. The number of hydrogen-bond acceptors (Lipinski definition) is 3. The van der Waals surface area contributed by atoms with Crippen LogP contribution in [0.25, 0.3) is 0 Å². The van der Waals surface area contributed by atoms with E-state index in [2.05, 4.69) is 41.4 Å². The molecule has 0 unspecified atom stereocenters. The molecule has 150 valence electrons. The molecule has 0 saturated carbocycles. The summed E-state index contributed by atoms with van der Waals surface area (Å²) >= 11 is 0. The number of carbonyl (C=O) groups excluding carboxylic acids is 1. The van der Waals surface area contributed by atoms with E-state index in [1.165, 1.54) is 37.6 Å². The van der Waals surface area contributed by atoms with E-state index in [1.54, 1.807) is 18.2 Å². The summed E-state index contributed by atoms with van der Waals surface area (Å²) in [5, 5.41) is 2.88. The minimum Gasteiger partial charge on any atom is -0.490 e. The zero-order chi connectivity index (χ0) is 19.8. The highest BCUT2D eigenvalue weighted by Crippen LogP contribution is 2.18. The maximum Gasteiger partial charge on any atom is 0.223 e. The van der Waals surface area contributed by atoms with E-state index in [0.29, 0.717) is 6.54 Å². The highest BCUT2D eigenvalue weighted by Gasteiger charge is 2.15. The largest absolute Gasteiger partial charge is 0.490 e. The average Bonchev–Trinajstić information content (AvgIpc) is 2.71. The molecule has 0 spiro atoms. The second kappa shape index (κ2) is 10.2. The Hall–Kier alpha value is -2.40. The van der Waals surface area contributed by atoms with Gasteiger partial charge in [-0.05, 0) is 55.1 Å². The smallest absolute Gasteiger partial charge is 0.223 e. The Balaban J connectivity index is 1.36. The van der Waals surface area contributed by atoms with Gasteiger partial charge in [0.25, 0.3) is 0 Å². The van der Waals surface area contributed by atoms with Crippen molar-refractivity contribution < 1.29 is 13.9 Å². The molecule has 3 rings (SSSR count). The number of likely N-dealkylation sites (tertiary alicyclic amines) is 1. The van der Waals surface area contributed by atoms with Gasteiger partial charge in [-0.15, -0.1) is 0 Å². The Kier molecular flexibility index (Phi) is 7.43. The molecule has 0 aliphatic carbocycles. The summed E-state index contributed by atoms with van der Waals surface area (Å²) in [5.74, 6) is 0.498. The van der Waals surface area contributed by atoms with Gasteiger partial charge in [-0.3, -0.25) is 9.69 Å². The van der Waals surface area contributed by atoms with Crippen molar-refractivity contribution in [3.63, 3.8) is 0 Å². The lowest BCUT2D eigenvalue weighted by Crippen LogP contribution is -2.32. The molecule has 0 aromatic heterocycles. The van der Waals surface area contributed by atoms with Crippen LogP contribution >= 0.6 is 0 Å². The number of amides is 1. The molecule has 0 radical (unpaired) electrons. The number of para-hydroxylation sites is 1. The van der Waals surface area contributed by atoms with Crippen LogP contribution in [0.15, 0.2) is 48.5 Å². The topological polar surface area (TPSA) is 41.6 Å². The molecule has 1 fully saturated rings. The molecule has 28 heavy (non-hydrogen) atoms. The Bertz CT molecular complexity index is 755. The van der Waals surface area contributed by atoms with E-state index in [0.717, 1.165) is 18.0 Å². The minimum absolute atomic E-state index is 0.108. The second-order valence-corrected chi connectivity index (χ2v) is 7.58. The van der Waals surface area contributed by atoms with Crippen LogP contribution in [-0.4, -0.2) is 30.5 Å². The summed E-state index contributed by atoms with van der Waals surface area (Å²) in [6.07, 6.45) is 2.76. The molecule has 1 amide bonds. The quantitative estimate of drug-likeness (QED) is 0.744. The molecule has 2 aromatic carbocycles. The third-order valence-corrected chi connectivity index (χ3v) is 5.22. The molecular weight excluding hydrogens is 355 g/mol. The van der Waals surface area contributed by atoms with Crippen LogP contribution in [0.5, 0.6) is 5.75 Å². The van der Waals surface area contributed by atoms with Gasteiger partial charge in [0.1, 0.15) is 0 Å². The molecule has 1 N–H and O–H groups in total. The zero-order valence-electron chi connectivity index (χ0n) is 16.5. The van der Waals surface area contributed by atoms with E-state index >= 15 is 0 Å². The lowest BCUT2D eigenvalue weighted by molar-refractivity contribution is -0.121. The number of piperidine rings is 1. The van der Waals surface area contributed by atoms with Crippen LogP contribution < -0.4 is 10.1 Å². The molecule has 4 nitrogen and oxygen atoms in total. The number of benzene rings is 2. The first kappa shape index (κ1) is 20.3. The number of halogens is 1. The van der Waals surface area contributed by atoms with Crippen molar-refractivity contribution in [2.24, 2.45) is 5.92 Å². The monoisotopic (exact) mass is 384 g/mol. The first-order valence-electron chi connectivity index (χ1n) is 10.0. The maximum absolute atomic E-state index is 13.5. The third-order valence-electron chi connectivity index (χ3n) is 5.22. The molecular formula is C23H29FN2O2. The lowest BCUT2D eigenvalue weighted by Gasteiger charge is -2.30. The van der Waals surface area contributed by atoms with Crippen molar-refractivity contribution >= 4 is 5.91 Å². The van der Waals surface area contributed by atoms with Crippen molar-refractivity contribution in [1.82, 2.24) is 10.2 Å². The normalized spacial score (nSPS) is 15.4. The molecule has 5 heteroatoms. The van der Waals surface area contributed by atoms with Gasteiger partial charge in [-0.1, -0.05) is 43.3 Å². The molecule has 0 bridgehead atoms. The van der Waals surface area contributed by atoms with Crippen LogP contribution in [-0.2, 0) is 17.9 Å². The van der Waals surface area contributed by atoms with Crippen LogP contribution in [0.3, 0.4) is 0 Å². The predicted molar refractivity (Wildman–Crippen MR) is 108 cm³/mol. The molecule has 0 atom stereocenters. The summed E-state index contributed by atoms with van der Waals surface area (Å²) < 4.78 is 18.8. The number of nitrogens with zero attached hydrogens (tertiary/aromatic N) is 1.